The molecule has 7 nitrogen and oxygen atoms in total. The second-order valence-corrected chi connectivity index (χ2v) is 7.41. The van der Waals surface area contributed by atoms with E-state index in [1.807, 2.05) is 6.26 Å². The van der Waals surface area contributed by atoms with Gasteiger partial charge in [-0.2, -0.15) is 0 Å². The predicted molar refractivity (Wildman–Crippen MR) is 103 cm³/mol. The Morgan fingerprint density at radius 3 is 2.63 bits per heavy atom. The average molecular weight is 394 g/mol. The monoisotopic (exact) mass is 394 g/mol. The zero-order valence-corrected chi connectivity index (χ0v) is 16.7. The number of benzene rings is 1. The van der Waals surface area contributed by atoms with Gasteiger partial charge >= 0.3 is 12.0 Å². The van der Waals surface area contributed by atoms with Crippen molar-refractivity contribution >= 4 is 29.7 Å². The fraction of sp³-hybridized carbons (Fsp3) is 0.526. The molecule has 1 aromatic rings. The minimum absolute atomic E-state index is 0.0633. The van der Waals surface area contributed by atoms with Crippen LogP contribution in [-0.4, -0.2) is 43.9 Å². The summed E-state index contributed by atoms with van der Waals surface area (Å²) in [4.78, 5) is 37.0. The van der Waals surface area contributed by atoms with Gasteiger partial charge in [0.05, 0.1) is 7.11 Å². The van der Waals surface area contributed by atoms with Gasteiger partial charge in [-0.05, 0) is 43.2 Å². The molecule has 2 N–H and O–H groups in total. The number of nitrogens with one attached hydrogen (secondary N) is 2. The minimum Gasteiger partial charge on any atom is -0.496 e. The maximum atomic E-state index is 12.2. The number of rotatable bonds is 6. The van der Waals surface area contributed by atoms with Gasteiger partial charge in [0, 0.05) is 10.9 Å². The molecule has 0 radical (unpaired) electrons. The second kappa shape index (κ2) is 10.2. The van der Waals surface area contributed by atoms with Crippen molar-refractivity contribution in [3.63, 3.8) is 0 Å². The molecule has 27 heavy (non-hydrogen) atoms. The van der Waals surface area contributed by atoms with Crippen LogP contribution in [-0.2, 0) is 9.53 Å². The molecule has 0 spiro atoms. The minimum atomic E-state index is -0.684. The maximum Gasteiger partial charge on any atom is 0.342 e. The number of carbonyl (C=O) groups is 3. The topological polar surface area (TPSA) is 93.7 Å². The molecule has 1 fully saturated rings. The van der Waals surface area contributed by atoms with Gasteiger partial charge in [0.2, 0.25) is 0 Å². The number of thioether (sulfide) groups is 1. The molecule has 0 unspecified atom stereocenters. The zero-order valence-electron chi connectivity index (χ0n) is 15.9. The van der Waals surface area contributed by atoms with Crippen LogP contribution in [0.25, 0.3) is 0 Å². The van der Waals surface area contributed by atoms with E-state index in [0.29, 0.717) is 11.7 Å². The lowest BCUT2D eigenvalue weighted by atomic mass is 9.86. The smallest absolute Gasteiger partial charge is 0.342 e. The Hall–Kier alpha value is -2.22. The molecule has 0 bridgehead atoms. The summed E-state index contributed by atoms with van der Waals surface area (Å²) in [5, 5.41) is 5.02. The first kappa shape index (κ1) is 21.1. The highest BCUT2D eigenvalue weighted by molar-refractivity contribution is 7.98. The van der Waals surface area contributed by atoms with Crippen molar-refractivity contribution in [1.29, 1.82) is 0 Å². The third kappa shape index (κ3) is 6.16. The van der Waals surface area contributed by atoms with Gasteiger partial charge in [-0.25, -0.2) is 9.59 Å². The molecule has 1 aliphatic carbocycles. The van der Waals surface area contributed by atoms with Crippen LogP contribution in [0.1, 0.15) is 43.0 Å². The molecule has 3 amide bonds. The van der Waals surface area contributed by atoms with E-state index in [2.05, 4.69) is 17.6 Å². The Bertz CT molecular complexity index is 695. The summed E-state index contributed by atoms with van der Waals surface area (Å²) in [6, 6.07) is 4.58. The summed E-state index contributed by atoms with van der Waals surface area (Å²) in [5.41, 5.74) is 0.226. The molecule has 148 valence electrons. The third-order valence-corrected chi connectivity index (χ3v) is 5.37. The molecule has 0 aliphatic heterocycles. The number of urea groups is 1. The number of hydrogen-bond acceptors (Lipinski definition) is 6. The van der Waals surface area contributed by atoms with Crippen molar-refractivity contribution in [3.8, 4) is 5.75 Å². The molecule has 0 heterocycles. The molecular formula is C19H26N2O5S. The van der Waals surface area contributed by atoms with Gasteiger partial charge < -0.3 is 14.8 Å². The Kier molecular flexibility index (Phi) is 7.97. The van der Waals surface area contributed by atoms with E-state index >= 15 is 0 Å². The van der Waals surface area contributed by atoms with E-state index < -0.39 is 24.5 Å². The number of ether oxygens (including phenoxy) is 2. The molecule has 2 rings (SSSR count). The van der Waals surface area contributed by atoms with Crippen LogP contribution < -0.4 is 15.4 Å². The molecule has 0 saturated heterocycles. The summed E-state index contributed by atoms with van der Waals surface area (Å²) >= 11 is 1.52. The van der Waals surface area contributed by atoms with Crippen LogP contribution in [0.3, 0.4) is 0 Å². The van der Waals surface area contributed by atoms with Gasteiger partial charge in [-0.15, -0.1) is 11.8 Å². The standard InChI is InChI=1S/C19H26N2O5S/c1-12-6-4-5-7-15(12)20-19(24)21-17(22)11-26-18(23)14-9-8-13(27-3)10-16(14)25-2/h8-10,12,15H,4-7,11H2,1-3H3,(H2,20,21,22,24)/t12-,15-/m0/s1. The van der Waals surface area contributed by atoms with Gasteiger partial charge in [-0.1, -0.05) is 19.8 Å². The number of carbonyl (C=O) groups excluding carboxylic acids is 3. The first-order valence-electron chi connectivity index (χ1n) is 8.94. The lowest BCUT2D eigenvalue weighted by Gasteiger charge is -2.29. The predicted octanol–water partition coefficient (Wildman–Crippen LogP) is 2.98. The number of esters is 1. The summed E-state index contributed by atoms with van der Waals surface area (Å²) < 4.78 is 10.2. The quantitative estimate of drug-likeness (QED) is 0.569. The van der Waals surface area contributed by atoms with Gasteiger partial charge in [0.25, 0.3) is 5.91 Å². The van der Waals surface area contributed by atoms with Crippen molar-refractivity contribution < 1.29 is 23.9 Å². The van der Waals surface area contributed by atoms with Gasteiger partial charge in [-0.3, -0.25) is 10.1 Å². The van der Waals surface area contributed by atoms with E-state index in [4.69, 9.17) is 9.47 Å². The van der Waals surface area contributed by atoms with Crippen LogP contribution in [0.2, 0.25) is 0 Å². The van der Waals surface area contributed by atoms with Crippen LogP contribution in [0, 0.1) is 5.92 Å². The second-order valence-electron chi connectivity index (χ2n) is 6.53. The Balaban J connectivity index is 1.82. The Labute approximate surface area is 163 Å². The SMILES string of the molecule is COc1cc(SC)ccc1C(=O)OCC(=O)NC(=O)N[C@H]1CCCC[C@@H]1C. The number of amides is 3. The summed E-state index contributed by atoms with van der Waals surface area (Å²) in [6.45, 7) is 1.54. The van der Waals surface area contributed by atoms with Crippen LogP contribution in [0.15, 0.2) is 23.1 Å². The largest absolute Gasteiger partial charge is 0.496 e. The summed E-state index contributed by atoms with van der Waals surface area (Å²) in [7, 11) is 1.46. The van der Waals surface area contributed by atoms with Crippen LogP contribution in [0.4, 0.5) is 4.79 Å². The van der Waals surface area contributed by atoms with Gasteiger partial charge in [0.15, 0.2) is 6.61 Å². The zero-order chi connectivity index (χ0) is 19.8. The first-order valence-corrected chi connectivity index (χ1v) is 10.2. The fourth-order valence-corrected chi connectivity index (χ4v) is 3.50. The highest BCUT2D eigenvalue weighted by Crippen LogP contribution is 2.26. The third-order valence-electron chi connectivity index (χ3n) is 4.64. The van der Waals surface area contributed by atoms with E-state index in [0.717, 1.165) is 30.6 Å². The molecule has 1 aromatic carbocycles. The number of imide groups is 1. The first-order chi connectivity index (χ1) is 12.9. The van der Waals surface area contributed by atoms with Crippen LogP contribution in [0.5, 0.6) is 5.75 Å². The van der Waals surface area contributed by atoms with Crippen LogP contribution >= 0.6 is 11.8 Å². The maximum absolute atomic E-state index is 12.2. The highest BCUT2D eigenvalue weighted by atomic mass is 32.2. The average Bonchev–Trinajstić information content (AvgIpc) is 2.67. The van der Waals surface area contributed by atoms with Crippen molar-refractivity contribution in [3.05, 3.63) is 23.8 Å². The van der Waals surface area contributed by atoms with Crippen molar-refractivity contribution in [2.24, 2.45) is 5.92 Å². The molecular weight excluding hydrogens is 368 g/mol. The normalized spacial score (nSPS) is 19.1. The summed E-state index contributed by atoms with van der Waals surface area (Å²) in [6.07, 6.45) is 6.11. The van der Waals surface area contributed by atoms with Gasteiger partial charge in [0.1, 0.15) is 11.3 Å². The van der Waals surface area contributed by atoms with Crippen molar-refractivity contribution in [2.45, 2.75) is 43.5 Å². The number of methoxy groups -OCH3 is 1. The van der Waals surface area contributed by atoms with Crippen molar-refractivity contribution in [2.75, 3.05) is 20.0 Å². The molecule has 0 aromatic heterocycles. The lowest BCUT2D eigenvalue weighted by Crippen LogP contribution is -2.48. The molecule has 2 atom stereocenters. The highest BCUT2D eigenvalue weighted by Gasteiger charge is 2.23. The lowest BCUT2D eigenvalue weighted by molar-refractivity contribution is -0.123. The molecule has 1 saturated carbocycles. The Morgan fingerprint density at radius 2 is 1.96 bits per heavy atom. The van der Waals surface area contributed by atoms with E-state index in [1.54, 1.807) is 18.2 Å². The fourth-order valence-electron chi connectivity index (χ4n) is 3.07. The molecule has 1 aliphatic rings. The molecule has 8 heteroatoms. The number of hydrogen-bond donors (Lipinski definition) is 2. The van der Waals surface area contributed by atoms with E-state index in [9.17, 15) is 14.4 Å². The van der Waals surface area contributed by atoms with Crippen molar-refractivity contribution in [1.82, 2.24) is 10.6 Å². The Morgan fingerprint density at radius 1 is 1.22 bits per heavy atom. The van der Waals surface area contributed by atoms with E-state index in [-0.39, 0.29) is 11.6 Å². The van der Waals surface area contributed by atoms with E-state index in [1.165, 1.54) is 18.9 Å². The summed E-state index contributed by atoms with van der Waals surface area (Å²) in [5.74, 6) is -0.606.